The third kappa shape index (κ3) is 2.47. The predicted octanol–water partition coefficient (Wildman–Crippen LogP) is 3.27. The number of aromatic carboxylic acids is 1. The minimum absolute atomic E-state index is 0.0927. The van der Waals surface area contributed by atoms with Gasteiger partial charge in [0.05, 0.1) is 0 Å². The summed E-state index contributed by atoms with van der Waals surface area (Å²) in [6.07, 6.45) is 1.05. The quantitative estimate of drug-likeness (QED) is 0.923. The molecule has 0 aliphatic carbocycles. The Kier molecular flexibility index (Phi) is 3.59. The molecule has 0 atom stereocenters. The van der Waals surface area contributed by atoms with Gasteiger partial charge in [-0.15, -0.1) is 0 Å². The van der Waals surface area contributed by atoms with Crippen molar-refractivity contribution in [3.05, 3.63) is 41.2 Å². The van der Waals surface area contributed by atoms with Gasteiger partial charge in [-0.05, 0) is 18.6 Å². The molecular formula is C13H11F2NO3. The highest BCUT2D eigenvalue weighted by atomic mass is 19.1. The summed E-state index contributed by atoms with van der Waals surface area (Å²) in [5.41, 5.74) is -0.384. The molecule has 6 heteroatoms. The Morgan fingerprint density at radius 2 is 2.16 bits per heavy atom. The fourth-order valence-electron chi connectivity index (χ4n) is 1.81. The molecule has 0 spiro atoms. The second-order valence-corrected chi connectivity index (χ2v) is 4.01. The minimum atomic E-state index is -1.25. The largest absolute Gasteiger partial charge is 0.477 e. The highest BCUT2D eigenvalue weighted by Gasteiger charge is 2.24. The maximum atomic E-state index is 13.7. The molecule has 0 radical (unpaired) electrons. The van der Waals surface area contributed by atoms with E-state index in [1.807, 2.05) is 6.92 Å². The Hall–Kier alpha value is -2.24. The molecule has 1 N–H and O–H groups in total. The first-order valence-corrected chi connectivity index (χ1v) is 5.71. The lowest BCUT2D eigenvalue weighted by Gasteiger charge is -2.01. The summed E-state index contributed by atoms with van der Waals surface area (Å²) in [5.74, 6) is -2.67. The monoisotopic (exact) mass is 267 g/mol. The summed E-state index contributed by atoms with van der Waals surface area (Å²) in [6.45, 7) is 1.85. The molecule has 0 bridgehead atoms. The van der Waals surface area contributed by atoms with Crippen molar-refractivity contribution < 1.29 is 23.2 Å². The minimum Gasteiger partial charge on any atom is -0.477 e. The lowest BCUT2D eigenvalue weighted by Crippen LogP contribution is -2.02. The zero-order valence-electron chi connectivity index (χ0n) is 10.1. The molecule has 100 valence electrons. The summed E-state index contributed by atoms with van der Waals surface area (Å²) in [7, 11) is 0. The predicted molar refractivity (Wildman–Crippen MR) is 62.8 cm³/mol. The summed E-state index contributed by atoms with van der Waals surface area (Å²) in [6, 6.07) is 2.86. The number of aryl methyl sites for hydroxylation is 1. The Morgan fingerprint density at radius 3 is 2.74 bits per heavy atom. The Bertz CT molecular complexity index is 622. The summed E-state index contributed by atoms with van der Waals surface area (Å²) in [5, 5.41) is 12.8. The van der Waals surface area contributed by atoms with Crippen molar-refractivity contribution in [2.75, 3.05) is 0 Å². The van der Waals surface area contributed by atoms with Crippen molar-refractivity contribution in [1.82, 2.24) is 5.16 Å². The van der Waals surface area contributed by atoms with E-state index in [0.717, 1.165) is 12.1 Å². The average Bonchev–Trinajstić information content (AvgIpc) is 2.73. The van der Waals surface area contributed by atoms with Crippen LogP contribution in [0.2, 0.25) is 0 Å². The lowest BCUT2D eigenvalue weighted by atomic mass is 10.0. The molecule has 19 heavy (non-hydrogen) atoms. The Labute approximate surface area is 107 Å². The molecule has 1 aromatic carbocycles. The molecule has 0 aliphatic heterocycles. The van der Waals surface area contributed by atoms with Crippen LogP contribution < -0.4 is 0 Å². The van der Waals surface area contributed by atoms with Gasteiger partial charge in [0.2, 0.25) is 0 Å². The number of aromatic nitrogens is 1. The van der Waals surface area contributed by atoms with Crippen LogP contribution in [0.5, 0.6) is 0 Å². The second-order valence-electron chi connectivity index (χ2n) is 4.01. The van der Waals surface area contributed by atoms with E-state index in [-0.39, 0.29) is 22.6 Å². The molecule has 0 unspecified atom stereocenters. The third-order valence-electron chi connectivity index (χ3n) is 2.64. The van der Waals surface area contributed by atoms with Gasteiger partial charge in [0.1, 0.15) is 22.9 Å². The number of carbonyl (C=O) groups is 1. The highest BCUT2D eigenvalue weighted by molar-refractivity contribution is 5.95. The second kappa shape index (κ2) is 5.17. The standard InChI is InChI=1S/C13H11F2NO3/c1-2-3-10-11(13(17)18)12(16-19-10)8-5-4-7(14)6-9(8)15/h4-6H,2-3H2,1H3,(H,17,18). The number of hydrogen-bond donors (Lipinski definition) is 1. The fourth-order valence-corrected chi connectivity index (χ4v) is 1.81. The summed E-state index contributed by atoms with van der Waals surface area (Å²) < 4.78 is 31.5. The van der Waals surface area contributed by atoms with E-state index in [9.17, 15) is 18.7 Å². The van der Waals surface area contributed by atoms with Crippen LogP contribution >= 0.6 is 0 Å². The first kappa shape index (κ1) is 13.2. The molecule has 0 fully saturated rings. The van der Waals surface area contributed by atoms with Crippen molar-refractivity contribution in [1.29, 1.82) is 0 Å². The Morgan fingerprint density at radius 1 is 1.42 bits per heavy atom. The zero-order valence-corrected chi connectivity index (χ0v) is 10.1. The topological polar surface area (TPSA) is 63.3 Å². The molecule has 2 aromatic rings. The molecule has 0 amide bonds. The third-order valence-corrected chi connectivity index (χ3v) is 2.64. The molecular weight excluding hydrogens is 256 g/mol. The first-order chi connectivity index (χ1) is 9.04. The van der Waals surface area contributed by atoms with Gasteiger partial charge in [-0.3, -0.25) is 0 Å². The van der Waals surface area contributed by atoms with E-state index in [1.54, 1.807) is 0 Å². The maximum Gasteiger partial charge on any atom is 0.341 e. The van der Waals surface area contributed by atoms with Crippen LogP contribution in [0, 0.1) is 11.6 Å². The van der Waals surface area contributed by atoms with E-state index in [4.69, 9.17) is 4.52 Å². The number of carboxylic acid groups (broad SMARTS) is 1. The van der Waals surface area contributed by atoms with Gasteiger partial charge in [-0.25, -0.2) is 13.6 Å². The van der Waals surface area contributed by atoms with Crippen LogP contribution in [0.25, 0.3) is 11.3 Å². The van der Waals surface area contributed by atoms with Crippen LogP contribution in [0.15, 0.2) is 22.7 Å². The number of rotatable bonds is 4. The number of hydrogen-bond acceptors (Lipinski definition) is 3. The van der Waals surface area contributed by atoms with Crippen LogP contribution in [0.4, 0.5) is 8.78 Å². The van der Waals surface area contributed by atoms with Gasteiger partial charge < -0.3 is 9.63 Å². The summed E-state index contributed by atoms with van der Waals surface area (Å²) >= 11 is 0. The van der Waals surface area contributed by atoms with Crippen molar-refractivity contribution >= 4 is 5.97 Å². The van der Waals surface area contributed by atoms with Crippen LogP contribution in [-0.4, -0.2) is 16.2 Å². The van der Waals surface area contributed by atoms with E-state index >= 15 is 0 Å². The van der Waals surface area contributed by atoms with Crippen LogP contribution in [0.3, 0.4) is 0 Å². The van der Waals surface area contributed by atoms with Gasteiger partial charge in [-0.2, -0.15) is 0 Å². The molecule has 0 aliphatic rings. The van der Waals surface area contributed by atoms with Crippen LogP contribution in [0.1, 0.15) is 29.5 Å². The van der Waals surface area contributed by atoms with Crippen molar-refractivity contribution in [2.45, 2.75) is 19.8 Å². The van der Waals surface area contributed by atoms with E-state index in [2.05, 4.69) is 5.16 Å². The van der Waals surface area contributed by atoms with Crippen molar-refractivity contribution in [2.24, 2.45) is 0 Å². The lowest BCUT2D eigenvalue weighted by molar-refractivity contribution is 0.0695. The van der Waals surface area contributed by atoms with E-state index in [1.165, 1.54) is 0 Å². The molecule has 1 aromatic heterocycles. The van der Waals surface area contributed by atoms with Gasteiger partial charge >= 0.3 is 5.97 Å². The number of nitrogens with zero attached hydrogens (tertiary/aromatic N) is 1. The van der Waals surface area contributed by atoms with E-state index in [0.29, 0.717) is 18.9 Å². The van der Waals surface area contributed by atoms with Gasteiger partial charge in [-0.1, -0.05) is 12.1 Å². The molecule has 1 heterocycles. The summed E-state index contributed by atoms with van der Waals surface area (Å²) in [4.78, 5) is 11.2. The number of halogens is 2. The maximum absolute atomic E-state index is 13.7. The van der Waals surface area contributed by atoms with E-state index < -0.39 is 17.6 Å². The Balaban J connectivity index is 2.58. The SMILES string of the molecule is CCCc1onc(-c2ccc(F)cc2F)c1C(=O)O. The number of carboxylic acids is 1. The fraction of sp³-hybridized carbons (Fsp3) is 0.231. The van der Waals surface area contributed by atoms with Gasteiger partial charge in [0.15, 0.2) is 5.76 Å². The average molecular weight is 267 g/mol. The zero-order chi connectivity index (χ0) is 14.0. The first-order valence-electron chi connectivity index (χ1n) is 5.71. The molecule has 2 rings (SSSR count). The number of benzene rings is 1. The smallest absolute Gasteiger partial charge is 0.341 e. The van der Waals surface area contributed by atoms with Gasteiger partial charge in [0, 0.05) is 18.1 Å². The molecule has 4 nitrogen and oxygen atoms in total. The normalized spacial score (nSPS) is 10.7. The molecule has 0 saturated heterocycles. The van der Waals surface area contributed by atoms with Crippen molar-refractivity contribution in [3.63, 3.8) is 0 Å². The molecule has 0 saturated carbocycles. The highest BCUT2D eigenvalue weighted by Crippen LogP contribution is 2.28. The van der Waals surface area contributed by atoms with Gasteiger partial charge in [0.25, 0.3) is 0 Å². The van der Waals surface area contributed by atoms with Crippen LogP contribution in [-0.2, 0) is 6.42 Å². The van der Waals surface area contributed by atoms with Crippen molar-refractivity contribution in [3.8, 4) is 11.3 Å².